The normalized spacial score (nSPS) is 17.8. The van der Waals surface area contributed by atoms with Crippen LogP contribution in [0.3, 0.4) is 0 Å². The predicted octanol–water partition coefficient (Wildman–Crippen LogP) is 0.0850. The highest BCUT2D eigenvalue weighted by Gasteiger charge is 2.68. The third-order valence-corrected chi connectivity index (χ3v) is 4.50. The van der Waals surface area contributed by atoms with E-state index < -0.39 is 40.8 Å². The number of methoxy groups -OCH3 is 3. The molecule has 2 aromatic rings. The van der Waals surface area contributed by atoms with Crippen molar-refractivity contribution in [2.45, 2.75) is 5.41 Å². The number of hydrogen-bond acceptors (Lipinski definition) is 10. The maximum absolute atomic E-state index is 12.9. The number of fused-ring (bicyclic) bond motifs is 3. The van der Waals surface area contributed by atoms with Crippen molar-refractivity contribution in [3.8, 4) is 5.75 Å². The molecule has 3 rings (SSSR count). The molecule has 0 saturated heterocycles. The van der Waals surface area contributed by atoms with Crippen LogP contribution in [0.25, 0.3) is 11.0 Å². The van der Waals surface area contributed by atoms with Gasteiger partial charge in [0.1, 0.15) is 11.3 Å². The molecule has 0 saturated carbocycles. The Balaban J connectivity index is 2.48. The number of carbonyl (C=O) groups excluding carboxylic acids is 4. The van der Waals surface area contributed by atoms with E-state index in [0.717, 1.165) is 27.4 Å². The molecule has 0 N–H and O–H groups in total. The minimum Gasteiger partial charge on any atom is -0.468 e. The van der Waals surface area contributed by atoms with E-state index in [1.54, 1.807) is 0 Å². The molecule has 0 amide bonds. The Morgan fingerprint density at radius 2 is 1.57 bits per heavy atom. The molecule has 28 heavy (non-hydrogen) atoms. The molecule has 1 aliphatic rings. The molecule has 1 aromatic carbocycles. The standard InChI is InChI=1S/C18H14O10/c1-24-14(20)13(15(21)25-2)18(16(22)26-3)12-8-4-7-11(19)27-9(8)5-6-10(12)28-17(18)23/h4-7,13H,1-3H3. The Bertz CT molecular complexity index is 1040. The zero-order valence-electron chi connectivity index (χ0n) is 15.0. The number of rotatable bonds is 4. The summed E-state index contributed by atoms with van der Waals surface area (Å²) in [4.78, 5) is 62.2. The molecule has 0 fully saturated rings. The summed E-state index contributed by atoms with van der Waals surface area (Å²) in [6, 6.07) is 4.96. The summed E-state index contributed by atoms with van der Waals surface area (Å²) in [5.41, 5.74) is -3.39. The van der Waals surface area contributed by atoms with Crippen molar-refractivity contribution >= 4 is 34.8 Å². The third-order valence-electron chi connectivity index (χ3n) is 4.50. The fourth-order valence-corrected chi connectivity index (χ4v) is 3.31. The number of esters is 4. The van der Waals surface area contributed by atoms with Gasteiger partial charge in [0.2, 0.25) is 5.41 Å². The van der Waals surface area contributed by atoms with Crippen molar-refractivity contribution in [3.63, 3.8) is 0 Å². The second kappa shape index (κ2) is 6.80. The summed E-state index contributed by atoms with van der Waals surface area (Å²) >= 11 is 0. The largest absolute Gasteiger partial charge is 0.468 e. The Morgan fingerprint density at radius 3 is 2.14 bits per heavy atom. The van der Waals surface area contributed by atoms with Crippen LogP contribution in [-0.4, -0.2) is 45.2 Å². The van der Waals surface area contributed by atoms with Gasteiger partial charge in [-0.2, -0.15) is 0 Å². The van der Waals surface area contributed by atoms with E-state index in [9.17, 15) is 24.0 Å². The molecule has 0 spiro atoms. The number of hydrogen-bond donors (Lipinski definition) is 0. The highest BCUT2D eigenvalue weighted by atomic mass is 16.6. The van der Waals surface area contributed by atoms with Gasteiger partial charge in [-0.15, -0.1) is 0 Å². The van der Waals surface area contributed by atoms with E-state index in [-0.39, 0.29) is 22.3 Å². The molecule has 1 aliphatic heterocycles. The molecule has 0 bridgehead atoms. The first-order valence-electron chi connectivity index (χ1n) is 7.86. The van der Waals surface area contributed by atoms with Crippen LogP contribution in [-0.2, 0) is 38.8 Å². The van der Waals surface area contributed by atoms with Gasteiger partial charge >= 0.3 is 29.5 Å². The molecule has 0 radical (unpaired) electrons. The summed E-state index contributed by atoms with van der Waals surface area (Å²) in [7, 11) is 2.94. The van der Waals surface area contributed by atoms with Crippen LogP contribution in [0.5, 0.6) is 5.75 Å². The van der Waals surface area contributed by atoms with E-state index in [1.165, 1.54) is 18.2 Å². The molecule has 10 nitrogen and oxygen atoms in total. The first-order chi connectivity index (χ1) is 13.3. The van der Waals surface area contributed by atoms with Crippen LogP contribution >= 0.6 is 0 Å². The lowest BCUT2D eigenvalue weighted by Crippen LogP contribution is -2.55. The summed E-state index contributed by atoms with van der Waals surface area (Å²) in [6.45, 7) is 0. The molecule has 2 heterocycles. The Hall–Kier alpha value is -3.69. The molecule has 1 atom stereocenters. The van der Waals surface area contributed by atoms with Gasteiger partial charge in [0, 0.05) is 17.0 Å². The molecule has 0 aliphatic carbocycles. The quantitative estimate of drug-likeness (QED) is 0.232. The second-order valence-electron chi connectivity index (χ2n) is 5.77. The lowest BCUT2D eigenvalue weighted by atomic mass is 9.69. The topological polar surface area (TPSA) is 135 Å². The first kappa shape index (κ1) is 19.1. The fraction of sp³-hybridized carbons (Fsp3) is 0.278. The highest BCUT2D eigenvalue weighted by Crippen LogP contribution is 2.49. The van der Waals surface area contributed by atoms with Gasteiger partial charge in [-0.1, -0.05) is 0 Å². The number of carbonyl (C=O) groups is 4. The van der Waals surface area contributed by atoms with E-state index in [4.69, 9.17) is 13.9 Å². The average Bonchev–Trinajstić information content (AvgIpc) is 2.99. The van der Waals surface area contributed by atoms with Crippen molar-refractivity contribution in [2.24, 2.45) is 5.92 Å². The number of benzene rings is 1. The van der Waals surface area contributed by atoms with E-state index in [0.29, 0.717) is 0 Å². The summed E-state index contributed by atoms with van der Waals surface area (Å²) < 4.78 is 24.3. The van der Waals surface area contributed by atoms with Crippen molar-refractivity contribution < 1.29 is 42.5 Å². The van der Waals surface area contributed by atoms with Gasteiger partial charge in [0.25, 0.3) is 0 Å². The Labute approximate surface area is 156 Å². The maximum atomic E-state index is 12.9. The molecule has 146 valence electrons. The van der Waals surface area contributed by atoms with Crippen molar-refractivity contribution in [1.82, 2.24) is 0 Å². The molecule has 1 aromatic heterocycles. The van der Waals surface area contributed by atoms with Gasteiger partial charge in [-0.3, -0.25) is 14.4 Å². The lowest BCUT2D eigenvalue weighted by molar-refractivity contribution is -0.175. The smallest absolute Gasteiger partial charge is 0.336 e. The van der Waals surface area contributed by atoms with Crippen LogP contribution < -0.4 is 10.4 Å². The van der Waals surface area contributed by atoms with Gasteiger partial charge in [0.15, 0.2) is 5.92 Å². The van der Waals surface area contributed by atoms with Crippen molar-refractivity contribution in [1.29, 1.82) is 0 Å². The average molecular weight is 390 g/mol. The molecular weight excluding hydrogens is 376 g/mol. The molecule has 1 unspecified atom stereocenters. The van der Waals surface area contributed by atoms with Gasteiger partial charge < -0.3 is 23.4 Å². The molecular formula is C18H14O10. The van der Waals surface area contributed by atoms with Crippen LogP contribution in [0.1, 0.15) is 5.56 Å². The maximum Gasteiger partial charge on any atom is 0.336 e. The van der Waals surface area contributed by atoms with Gasteiger partial charge in [0.05, 0.1) is 21.3 Å². The lowest BCUT2D eigenvalue weighted by Gasteiger charge is -2.28. The Kier molecular flexibility index (Phi) is 4.63. The summed E-state index contributed by atoms with van der Waals surface area (Å²) in [5.74, 6) is -7.05. The summed E-state index contributed by atoms with van der Waals surface area (Å²) in [6.07, 6.45) is 0. The zero-order chi connectivity index (χ0) is 20.6. The second-order valence-corrected chi connectivity index (χ2v) is 5.77. The van der Waals surface area contributed by atoms with Crippen LogP contribution in [0, 0.1) is 5.92 Å². The fourth-order valence-electron chi connectivity index (χ4n) is 3.31. The van der Waals surface area contributed by atoms with E-state index >= 15 is 0 Å². The van der Waals surface area contributed by atoms with Gasteiger partial charge in [-0.25, -0.2) is 9.59 Å². The first-order valence-corrected chi connectivity index (χ1v) is 7.86. The van der Waals surface area contributed by atoms with Gasteiger partial charge in [-0.05, 0) is 18.2 Å². The SMILES string of the molecule is COC(=O)C(C(=O)OC)C1(C(=O)OC)C(=O)Oc2ccc3oc(=O)ccc3c21. The van der Waals surface area contributed by atoms with Crippen LogP contribution in [0.4, 0.5) is 0 Å². The number of ether oxygens (including phenoxy) is 4. The zero-order valence-corrected chi connectivity index (χ0v) is 15.0. The molecule has 10 heteroatoms. The van der Waals surface area contributed by atoms with Crippen molar-refractivity contribution in [2.75, 3.05) is 21.3 Å². The van der Waals surface area contributed by atoms with Crippen LogP contribution in [0.15, 0.2) is 33.5 Å². The highest BCUT2D eigenvalue weighted by molar-refractivity contribution is 6.20. The van der Waals surface area contributed by atoms with E-state index in [2.05, 4.69) is 9.47 Å². The van der Waals surface area contributed by atoms with Crippen LogP contribution in [0.2, 0.25) is 0 Å². The minimum absolute atomic E-state index is 0.00584. The predicted molar refractivity (Wildman–Crippen MR) is 89.3 cm³/mol. The Morgan fingerprint density at radius 1 is 0.929 bits per heavy atom. The monoisotopic (exact) mass is 390 g/mol. The summed E-state index contributed by atoms with van der Waals surface area (Å²) in [5, 5.41) is 0.103. The van der Waals surface area contributed by atoms with E-state index in [1.807, 2.05) is 0 Å². The van der Waals surface area contributed by atoms with Crippen molar-refractivity contribution in [3.05, 3.63) is 40.2 Å². The minimum atomic E-state index is -2.55. The third kappa shape index (κ3) is 2.45.